The number of benzene rings is 3. The minimum atomic E-state index is -4.49. The van der Waals surface area contributed by atoms with Crippen molar-refractivity contribution in [2.45, 2.75) is 57.0 Å². The van der Waals surface area contributed by atoms with E-state index < -0.39 is 23.6 Å². The van der Waals surface area contributed by atoms with E-state index in [0.717, 1.165) is 55.7 Å². The summed E-state index contributed by atoms with van der Waals surface area (Å²) in [5.41, 5.74) is 3.56. The van der Waals surface area contributed by atoms with E-state index in [0.29, 0.717) is 39.6 Å². The number of ketones is 1. The Balaban J connectivity index is 1.31. The lowest BCUT2D eigenvalue weighted by molar-refractivity contribution is -0.138. The molecule has 3 N–H and O–H groups in total. The van der Waals surface area contributed by atoms with Gasteiger partial charge in [-0.25, -0.2) is 0 Å². The summed E-state index contributed by atoms with van der Waals surface area (Å²) in [5, 5.41) is 14.5. The normalized spacial score (nSPS) is 13.0. The Hall–Kier alpha value is -5.17. The average Bonchev–Trinajstić information content (AvgIpc) is 3.15. The van der Waals surface area contributed by atoms with Crippen LogP contribution in [0.5, 0.6) is 0 Å². The van der Waals surface area contributed by atoms with Crippen LogP contribution in [-0.2, 0) is 28.1 Å². The second-order valence-electron chi connectivity index (χ2n) is 12.5. The Morgan fingerprint density at radius 1 is 0.808 bits per heavy atom. The van der Waals surface area contributed by atoms with Crippen molar-refractivity contribution in [3.8, 4) is 11.3 Å². The number of amides is 2. The minimum Gasteiger partial charge on any atom is -0.481 e. The lowest BCUT2D eigenvalue weighted by Crippen LogP contribution is -2.29. The number of Topliss-reactive ketones (excluding diaryl/α,β-unsaturated/α-hetero) is 1. The second-order valence-corrected chi connectivity index (χ2v) is 13.6. The molecule has 2 heterocycles. The number of aromatic nitrogens is 1. The van der Waals surface area contributed by atoms with Gasteiger partial charge in [-0.05, 0) is 85.0 Å². The predicted octanol–water partition coefficient (Wildman–Crippen LogP) is 8.00. The second kappa shape index (κ2) is 17.9. The standard InChI is InChI=1S/C39H39F3N4O5S/c40-39(41,42)30-9-5-6-26(21-30)24-44-37(50)29-14-16-43-35(22-29)33-23-31(46-17-2-1-3-18-46)10-12-34(33)45-38(51)28-8-4-7-27(20-28)25-52-19-15-32(47)11-13-36(48)49/h4-10,12,14,16,20-23H,1-3,11,13,15,17-19,24-25H2,(H,44,50)(H,45,51)(H,48,49). The summed E-state index contributed by atoms with van der Waals surface area (Å²) in [5.74, 6) is -0.826. The zero-order valence-corrected chi connectivity index (χ0v) is 29.2. The molecule has 1 aliphatic heterocycles. The largest absolute Gasteiger partial charge is 0.481 e. The number of alkyl halides is 3. The molecule has 3 aromatic carbocycles. The summed E-state index contributed by atoms with van der Waals surface area (Å²) in [4.78, 5) is 56.2. The Morgan fingerprint density at radius 2 is 1.56 bits per heavy atom. The van der Waals surface area contributed by atoms with Gasteiger partial charge in [-0.2, -0.15) is 24.9 Å². The lowest BCUT2D eigenvalue weighted by Gasteiger charge is -2.29. The summed E-state index contributed by atoms with van der Waals surface area (Å²) in [6.45, 7) is 1.67. The lowest BCUT2D eigenvalue weighted by atomic mass is 10.0. The topological polar surface area (TPSA) is 129 Å². The van der Waals surface area contributed by atoms with Gasteiger partial charge in [0.15, 0.2) is 0 Å². The number of halogens is 3. The van der Waals surface area contributed by atoms with Crippen LogP contribution in [-0.4, -0.2) is 52.5 Å². The van der Waals surface area contributed by atoms with Crippen LogP contribution in [0.25, 0.3) is 11.3 Å². The number of carbonyl (C=O) groups excluding carboxylic acids is 3. The first-order valence-electron chi connectivity index (χ1n) is 17.0. The SMILES string of the molecule is O=C(O)CCC(=O)CCSCc1cccc(C(=O)Nc2ccc(N3CCCCC3)cc2-c2cc(C(=O)NCc3cccc(C(F)(F)F)c3)ccn2)c1. The highest BCUT2D eigenvalue weighted by atomic mass is 32.2. The fourth-order valence-electron chi connectivity index (χ4n) is 5.81. The molecule has 13 heteroatoms. The van der Waals surface area contributed by atoms with Crippen LogP contribution in [0.15, 0.2) is 85.1 Å². The van der Waals surface area contributed by atoms with E-state index in [1.54, 1.807) is 24.3 Å². The van der Waals surface area contributed by atoms with Crippen LogP contribution in [0.1, 0.15) is 75.9 Å². The van der Waals surface area contributed by atoms with E-state index in [1.165, 1.54) is 36.2 Å². The number of carbonyl (C=O) groups is 4. The summed E-state index contributed by atoms with van der Waals surface area (Å²) >= 11 is 1.52. The number of pyridine rings is 1. The first kappa shape index (κ1) is 38.1. The van der Waals surface area contributed by atoms with E-state index in [1.807, 2.05) is 24.3 Å². The number of nitrogens with one attached hydrogen (secondary N) is 2. The molecular weight excluding hydrogens is 694 g/mol. The molecule has 0 spiro atoms. The van der Waals surface area contributed by atoms with Crippen LogP contribution < -0.4 is 15.5 Å². The molecule has 0 radical (unpaired) electrons. The van der Waals surface area contributed by atoms with Crippen molar-refractivity contribution < 1.29 is 37.5 Å². The van der Waals surface area contributed by atoms with E-state index >= 15 is 0 Å². The highest BCUT2D eigenvalue weighted by molar-refractivity contribution is 7.98. The van der Waals surface area contributed by atoms with Gasteiger partial charge >= 0.3 is 12.1 Å². The van der Waals surface area contributed by atoms with Crippen LogP contribution in [0.3, 0.4) is 0 Å². The molecule has 0 atom stereocenters. The zero-order chi connectivity index (χ0) is 37.1. The van der Waals surface area contributed by atoms with Gasteiger partial charge in [0, 0.05) is 72.6 Å². The first-order valence-corrected chi connectivity index (χ1v) is 18.1. The molecule has 0 unspecified atom stereocenters. The van der Waals surface area contributed by atoms with Crippen molar-refractivity contribution >= 4 is 46.7 Å². The van der Waals surface area contributed by atoms with E-state index in [4.69, 9.17) is 5.11 Å². The van der Waals surface area contributed by atoms with Gasteiger partial charge in [-0.1, -0.05) is 24.3 Å². The number of thioether (sulfide) groups is 1. The molecule has 9 nitrogen and oxygen atoms in total. The Morgan fingerprint density at radius 3 is 2.33 bits per heavy atom. The van der Waals surface area contributed by atoms with Crippen molar-refractivity contribution in [3.63, 3.8) is 0 Å². The number of carboxylic acids is 1. The molecule has 4 aromatic rings. The smallest absolute Gasteiger partial charge is 0.416 e. The van der Waals surface area contributed by atoms with Crippen molar-refractivity contribution in [1.82, 2.24) is 10.3 Å². The number of rotatable bonds is 15. The Bertz CT molecular complexity index is 1910. The van der Waals surface area contributed by atoms with Crippen molar-refractivity contribution in [1.29, 1.82) is 0 Å². The monoisotopic (exact) mass is 732 g/mol. The molecule has 1 fully saturated rings. The summed E-state index contributed by atoms with van der Waals surface area (Å²) in [7, 11) is 0. The maximum Gasteiger partial charge on any atom is 0.416 e. The summed E-state index contributed by atoms with van der Waals surface area (Å²) in [6.07, 6.45) is 0.379. The van der Waals surface area contributed by atoms with E-state index in [2.05, 4.69) is 20.5 Å². The first-order chi connectivity index (χ1) is 25.0. The van der Waals surface area contributed by atoms with Gasteiger partial charge in [0.25, 0.3) is 11.8 Å². The molecule has 1 aliphatic rings. The maximum absolute atomic E-state index is 13.6. The number of piperidine rings is 1. The number of anilines is 2. The zero-order valence-electron chi connectivity index (χ0n) is 28.4. The average molecular weight is 733 g/mol. The fourth-order valence-corrected chi connectivity index (χ4v) is 6.74. The molecule has 5 rings (SSSR count). The van der Waals surface area contributed by atoms with Crippen molar-refractivity contribution in [2.75, 3.05) is 29.1 Å². The molecular formula is C39H39F3N4O5S. The van der Waals surface area contributed by atoms with Gasteiger partial charge in [-0.3, -0.25) is 24.2 Å². The molecule has 1 saturated heterocycles. The molecule has 2 amide bonds. The fraction of sp³-hybridized carbons (Fsp3) is 0.308. The molecule has 1 aromatic heterocycles. The number of hydrogen-bond donors (Lipinski definition) is 3. The van der Waals surface area contributed by atoms with Crippen LogP contribution >= 0.6 is 11.8 Å². The molecule has 0 saturated carbocycles. The molecule has 0 aliphatic carbocycles. The minimum absolute atomic E-state index is 0.0167. The van der Waals surface area contributed by atoms with Gasteiger partial charge in [-0.15, -0.1) is 0 Å². The highest BCUT2D eigenvalue weighted by Crippen LogP contribution is 2.34. The summed E-state index contributed by atoms with van der Waals surface area (Å²) in [6, 6.07) is 20.8. The maximum atomic E-state index is 13.6. The van der Waals surface area contributed by atoms with Gasteiger partial charge in [0.2, 0.25) is 0 Å². The number of hydrogen-bond acceptors (Lipinski definition) is 7. The Labute approximate surface area is 304 Å². The number of aliphatic carboxylic acids is 1. The van der Waals surface area contributed by atoms with Crippen LogP contribution in [0, 0.1) is 0 Å². The quantitative estimate of drug-likeness (QED) is 0.105. The van der Waals surface area contributed by atoms with Gasteiger partial charge in [0.1, 0.15) is 5.78 Å². The van der Waals surface area contributed by atoms with E-state index in [-0.39, 0.29) is 43.1 Å². The molecule has 52 heavy (non-hydrogen) atoms. The summed E-state index contributed by atoms with van der Waals surface area (Å²) < 4.78 is 39.5. The third-order valence-electron chi connectivity index (χ3n) is 8.58. The third-order valence-corrected chi connectivity index (χ3v) is 9.61. The molecule has 272 valence electrons. The van der Waals surface area contributed by atoms with Crippen LogP contribution in [0.4, 0.5) is 24.5 Å². The van der Waals surface area contributed by atoms with Gasteiger partial charge < -0.3 is 20.6 Å². The van der Waals surface area contributed by atoms with Crippen molar-refractivity contribution in [3.05, 3.63) is 113 Å². The molecule has 0 bridgehead atoms. The highest BCUT2D eigenvalue weighted by Gasteiger charge is 2.30. The van der Waals surface area contributed by atoms with Crippen molar-refractivity contribution in [2.24, 2.45) is 0 Å². The van der Waals surface area contributed by atoms with Gasteiger partial charge in [0.05, 0.1) is 23.4 Å². The third kappa shape index (κ3) is 10.9. The number of carboxylic acid groups (broad SMARTS) is 1. The Kier molecular flexibility index (Phi) is 13.1. The van der Waals surface area contributed by atoms with E-state index in [9.17, 15) is 32.3 Å². The predicted molar refractivity (Wildman–Crippen MR) is 195 cm³/mol. The number of nitrogens with zero attached hydrogens (tertiary/aromatic N) is 2. The van der Waals surface area contributed by atoms with Crippen LogP contribution in [0.2, 0.25) is 0 Å².